The monoisotopic (exact) mass is 732 g/mol. The van der Waals surface area contributed by atoms with Crippen LogP contribution in [0.25, 0.3) is 0 Å². The number of halogens is 1. The second-order valence-corrected chi connectivity index (χ2v) is 14.2. The highest BCUT2D eigenvalue weighted by Gasteiger charge is 2.70. The number of aromatic carboxylic acids is 1. The molecule has 2 aliphatic heterocycles. The molecule has 0 unspecified atom stereocenters. The molecule has 0 aromatic heterocycles. The van der Waals surface area contributed by atoms with Crippen LogP contribution < -0.4 is 14.5 Å². The van der Waals surface area contributed by atoms with E-state index in [0.29, 0.717) is 27.4 Å². The fraction of sp³-hybridized carbons (Fsp3) is 0.244. The maximum atomic E-state index is 15.4. The van der Waals surface area contributed by atoms with Gasteiger partial charge in [-0.1, -0.05) is 65.7 Å². The van der Waals surface area contributed by atoms with Crippen molar-refractivity contribution in [1.29, 1.82) is 0 Å². The van der Waals surface area contributed by atoms with Crippen molar-refractivity contribution >= 4 is 52.6 Å². The molecule has 53 heavy (non-hydrogen) atoms. The highest BCUT2D eigenvalue weighted by atomic mass is 35.5. The molecule has 3 fully saturated rings. The Balaban J connectivity index is 1.33. The Morgan fingerprint density at radius 1 is 0.830 bits per heavy atom. The molecule has 11 nitrogen and oxygen atoms in total. The Hall–Kier alpha value is -5.94. The van der Waals surface area contributed by atoms with Gasteiger partial charge in [0, 0.05) is 17.0 Å². The Labute approximate surface area is 308 Å². The van der Waals surface area contributed by atoms with Crippen molar-refractivity contribution in [2.45, 2.75) is 31.1 Å². The van der Waals surface area contributed by atoms with Crippen molar-refractivity contribution < 1.29 is 44.0 Å². The van der Waals surface area contributed by atoms with Gasteiger partial charge in [-0.15, -0.1) is 0 Å². The zero-order valence-corrected chi connectivity index (χ0v) is 29.1. The smallest absolute Gasteiger partial charge is 0.339 e. The minimum atomic E-state index is -1.51. The third kappa shape index (κ3) is 4.98. The van der Waals surface area contributed by atoms with Crippen LogP contribution >= 0.6 is 11.6 Å². The molecule has 2 saturated heterocycles. The molecule has 4 aliphatic rings. The number of carbonyl (C=O) groups excluding carboxylic acids is 4. The van der Waals surface area contributed by atoms with E-state index in [4.69, 9.17) is 16.3 Å². The summed E-state index contributed by atoms with van der Waals surface area (Å²) in [4.78, 5) is 72.6. The number of carbonyl (C=O) groups is 5. The van der Waals surface area contributed by atoms with Gasteiger partial charge in [0.25, 0.3) is 0 Å². The van der Waals surface area contributed by atoms with Gasteiger partial charge in [0.15, 0.2) is 11.5 Å². The number of nitrogens with zero attached hydrogens (tertiary/aromatic N) is 2. The maximum Gasteiger partial charge on any atom is 0.339 e. The van der Waals surface area contributed by atoms with Crippen LogP contribution in [0.5, 0.6) is 17.2 Å². The molecule has 4 aromatic carbocycles. The van der Waals surface area contributed by atoms with Crippen LogP contribution in [0.1, 0.15) is 47.2 Å². The quantitative estimate of drug-likeness (QED) is 0.148. The van der Waals surface area contributed by atoms with Crippen molar-refractivity contribution in [2.75, 3.05) is 16.4 Å². The largest absolute Gasteiger partial charge is 0.507 e. The Morgan fingerprint density at radius 3 is 2.28 bits per heavy atom. The molecular formula is C41H33ClN2O9. The van der Waals surface area contributed by atoms with E-state index in [1.54, 1.807) is 55.5 Å². The molecular weight excluding hydrogens is 700 g/mol. The topological polar surface area (TPSA) is 162 Å². The second kappa shape index (κ2) is 12.6. The van der Waals surface area contributed by atoms with E-state index in [-0.39, 0.29) is 42.2 Å². The number of amides is 4. The fourth-order valence-electron chi connectivity index (χ4n) is 9.19. The first kappa shape index (κ1) is 34.2. The van der Waals surface area contributed by atoms with Gasteiger partial charge < -0.3 is 20.1 Å². The predicted octanol–water partition coefficient (Wildman–Crippen LogP) is 6.22. The minimum Gasteiger partial charge on any atom is -0.507 e. The number of fused-ring (bicyclic) bond motifs is 4. The van der Waals surface area contributed by atoms with Crippen molar-refractivity contribution in [3.05, 3.63) is 124 Å². The molecule has 4 amide bonds. The van der Waals surface area contributed by atoms with Gasteiger partial charge >= 0.3 is 5.97 Å². The van der Waals surface area contributed by atoms with Crippen molar-refractivity contribution in [1.82, 2.24) is 0 Å². The van der Waals surface area contributed by atoms with E-state index in [0.717, 1.165) is 17.0 Å². The number of phenols is 2. The summed E-state index contributed by atoms with van der Waals surface area (Å²) < 4.78 is 5.79. The summed E-state index contributed by atoms with van der Waals surface area (Å²) in [5.74, 6) is -8.12. The molecule has 4 aromatic rings. The van der Waals surface area contributed by atoms with E-state index in [1.807, 2.05) is 24.3 Å². The number of carboxylic acids is 1. The molecule has 0 bridgehead atoms. The van der Waals surface area contributed by atoms with Crippen LogP contribution in [0.15, 0.2) is 103 Å². The van der Waals surface area contributed by atoms with E-state index in [1.165, 1.54) is 17.0 Å². The molecule has 2 aliphatic carbocycles. The molecule has 268 valence electrons. The number of benzene rings is 4. The summed E-state index contributed by atoms with van der Waals surface area (Å²) in [5, 5.41) is 31.0. The SMILES string of the molecule is CCOc1cc([C@H]2C3=CC[C@@H]4C(=O)N(c5ccc(C(=O)O)c(O)c5)C(=O)[C@@H]4[C@@H]3C[C@H]3C(=O)N(c4cccc(Cl)c4)C(=O)[C@@]23c2ccccc2)ccc1O. The van der Waals surface area contributed by atoms with Gasteiger partial charge in [-0.2, -0.15) is 0 Å². The number of hydrogen-bond donors (Lipinski definition) is 3. The zero-order chi connectivity index (χ0) is 37.3. The van der Waals surface area contributed by atoms with Crippen molar-refractivity contribution in [2.24, 2.45) is 23.7 Å². The lowest BCUT2D eigenvalue weighted by atomic mass is 9.49. The number of ether oxygens (including phenoxy) is 1. The normalized spacial score (nSPS) is 26.2. The van der Waals surface area contributed by atoms with E-state index in [9.17, 15) is 34.5 Å². The minimum absolute atomic E-state index is 0.0311. The number of imide groups is 2. The summed E-state index contributed by atoms with van der Waals surface area (Å²) in [5.41, 5.74) is 0.315. The third-order valence-corrected chi connectivity index (χ3v) is 11.5. The summed E-state index contributed by atoms with van der Waals surface area (Å²) in [7, 11) is 0. The third-order valence-electron chi connectivity index (χ3n) is 11.3. The number of allylic oxidation sites excluding steroid dienone is 2. The molecule has 12 heteroatoms. The van der Waals surface area contributed by atoms with Crippen molar-refractivity contribution in [3.8, 4) is 17.2 Å². The zero-order valence-electron chi connectivity index (χ0n) is 28.3. The number of carboxylic acid groups (broad SMARTS) is 1. The van der Waals surface area contributed by atoms with Gasteiger partial charge in [0.2, 0.25) is 23.6 Å². The number of hydrogen-bond acceptors (Lipinski definition) is 8. The highest BCUT2D eigenvalue weighted by Crippen LogP contribution is 2.65. The summed E-state index contributed by atoms with van der Waals surface area (Å²) >= 11 is 6.38. The fourth-order valence-corrected chi connectivity index (χ4v) is 9.38. The lowest BCUT2D eigenvalue weighted by Crippen LogP contribution is -2.53. The van der Waals surface area contributed by atoms with Crippen LogP contribution in [0.2, 0.25) is 5.02 Å². The van der Waals surface area contributed by atoms with Gasteiger partial charge in [-0.25, -0.2) is 14.6 Å². The first-order valence-corrected chi connectivity index (χ1v) is 17.7. The molecule has 6 atom stereocenters. The standard InChI is InChI=1S/C41H33ClN2O9/c1-2-53-33-17-21(11-16-31(33)45)35-26-14-15-28-34(38(49)43(36(28)47)25-12-13-27(39(50)51)32(46)19-25)29(26)20-30-37(48)44(24-10-6-9-23(42)18-24)40(52)41(30,35)22-7-4-3-5-8-22/h3-14,16-19,28-30,34-35,45-46H,2,15,20H2,1H3,(H,50,51)/t28-,29+,30-,34-,35-,41+/m0/s1. The van der Waals surface area contributed by atoms with Gasteiger partial charge in [0.1, 0.15) is 11.3 Å². The van der Waals surface area contributed by atoms with Gasteiger partial charge in [-0.05, 0) is 79.3 Å². The van der Waals surface area contributed by atoms with Gasteiger partial charge in [-0.3, -0.25) is 19.2 Å². The van der Waals surface area contributed by atoms with E-state index >= 15 is 4.79 Å². The van der Waals surface area contributed by atoms with Crippen LogP contribution in [0.3, 0.4) is 0 Å². The van der Waals surface area contributed by atoms with Crippen LogP contribution in [-0.2, 0) is 24.6 Å². The second-order valence-electron chi connectivity index (χ2n) is 13.8. The first-order valence-electron chi connectivity index (χ1n) is 17.3. The number of anilines is 2. The number of rotatable bonds is 7. The average molecular weight is 733 g/mol. The number of aromatic hydroxyl groups is 2. The Kier molecular flexibility index (Phi) is 8.14. The molecule has 2 heterocycles. The van der Waals surface area contributed by atoms with Crippen LogP contribution in [-0.4, -0.2) is 51.5 Å². The summed E-state index contributed by atoms with van der Waals surface area (Å²) in [6.45, 7) is 2.03. The molecule has 0 radical (unpaired) electrons. The van der Waals surface area contributed by atoms with E-state index < -0.39 is 70.4 Å². The molecule has 8 rings (SSSR count). The Bertz CT molecular complexity index is 2270. The number of phenolic OH excluding ortho intramolecular Hbond substituents is 1. The summed E-state index contributed by atoms with van der Waals surface area (Å²) in [6.07, 6.45) is 2.12. The first-order chi connectivity index (χ1) is 25.5. The lowest BCUT2D eigenvalue weighted by molar-refractivity contribution is -0.127. The molecule has 1 saturated carbocycles. The Morgan fingerprint density at radius 2 is 1.58 bits per heavy atom. The summed E-state index contributed by atoms with van der Waals surface area (Å²) in [6, 6.07) is 24.0. The van der Waals surface area contributed by atoms with Crippen molar-refractivity contribution in [3.63, 3.8) is 0 Å². The average Bonchev–Trinajstić information content (AvgIpc) is 3.53. The predicted molar refractivity (Wildman–Crippen MR) is 193 cm³/mol. The van der Waals surface area contributed by atoms with Crippen LogP contribution in [0, 0.1) is 23.7 Å². The molecule has 3 N–H and O–H groups in total. The highest BCUT2D eigenvalue weighted by molar-refractivity contribution is 6.32. The van der Waals surface area contributed by atoms with E-state index in [2.05, 4.69) is 0 Å². The molecule has 0 spiro atoms. The van der Waals surface area contributed by atoms with Gasteiger partial charge in [0.05, 0.1) is 41.2 Å². The lowest BCUT2D eigenvalue weighted by Gasteiger charge is -2.50. The van der Waals surface area contributed by atoms with Crippen LogP contribution in [0.4, 0.5) is 11.4 Å². The maximum absolute atomic E-state index is 15.4.